The molecule has 1 aliphatic rings. The van der Waals surface area contributed by atoms with Crippen molar-refractivity contribution in [2.75, 3.05) is 19.0 Å². The number of ether oxygens (including phenoxy) is 1. The Morgan fingerprint density at radius 2 is 2.11 bits per heavy atom. The SMILES string of the molecule is Cc1ccc(C)c(CN2CC(C)OC(CCl)C2)c1. The third-order valence-electron chi connectivity index (χ3n) is 3.47. The molecule has 2 unspecified atom stereocenters. The van der Waals surface area contributed by atoms with Crippen LogP contribution in [-0.4, -0.2) is 36.1 Å². The maximum atomic E-state index is 5.92. The summed E-state index contributed by atoms with van der Waals surface area (Å²) in [6, 6.07) is 6.65. The molecular weight excluding hydrogens is 246 g/mol. The minimum Gasteiger partial charge on any atom is -0.371 e. The van der Waals surface area contributed by atoms with Crippen LogP contribution in [0, 0.1) is 13.8 Å². The molecule has 0 amide bonds. The van der Waals surface area contributed by atoms with Crippen molar-refractivity contribution in [3.63, 3.8) is 0 Å². The zero-order chi connectivity index (χ0) is 13.1. The second-order valence-corrected chi connectivity index (χ2v) is 5.66. The Kier molecular flexibility index (Phi) is 4.66. The first kappa shape index (κ1) is 13.9. The summed E-state index contributed by atoms with van der Waals surface area (Å²) in [5, 5.41) is 0. The van der Waals surface area contributed by atoms with Crippen LogP contribution in [0.25, 0.3) is 0 Å². The van der Waals surface area contributed by atoms with Gasteiger partial charge in [-0.1, -0.05) is 23.8 Å². The Labute approximate surface area is 115 Å². The lowest BCUT2D eigenvalue weighted by Gasteiger charge is -2.36. The van der Waals surface area contributed by atoms with Gasteiger partial charge in [0.15, 0.2) is 0 Å². The number of halogens is 1. The van der Waals surface area contributed by atoms with Gasteiger partial charge in [0.2, 0.25) is 0 Å². The maximum Gasteiger partial charge on any atom is 0.0841 e. The predicted molar refractivity (Wildman–Crippen MR) is 76.2 cm³/mol. The molecule has 1 aromatic rings. The highest BCUT2D eigenvalue weighted by atomic mass is 35.5. The van der Waals surface area contributed by atoms with Gasteiger partial charge in [0.1, 0.15) is 0 Å². The largest absolute Gasteiger partial charge is 0.371 e. The summed E-state index contributed by atoms with van der Waals surface area (Å²) in [5.74, 6) is 0.577. The Morgan fingerprint density at radius 3 is 2.83 bits per heavy atom. The van der Waals surface area contributed by atoms with E-state index in [1.54, 1.807) is 0 Å². The number of benzene rings is 1. The molecule has 0 saturated carbocycles. The van der Waals surface area contributed by atoms with Crippen molar-refractivity contribution in [3.05, 3.63) is 34.9 Å². The fraction of sp³-hybridized carbons (Fsp3) is 0.600. The van der Waals surface area contributed by atoms with Crippen LogP contribution < -0.4 is 0 Å². The highest BCUT2D eigenvalue weighted by Crippen LogP contribution is 2.18. The average Bonchev–Trinajstić information content (AvgIpc) is 2.33. The molecule has 1 aromatic carbocycles. The third-order valence-corrected chi connectivity index (χ3v) is 3.82. The molecule has 0 bridgehead atoms. The van der Waals surface area contributed by atoms with Gasteiger partial charge < -0.3 is 4.74 Å². The van der Waals surface area contributed by atoms with E-state index >= 15 is 0 Å². The highest BCUT2D eigenvalue weighted by Gasteiger charge is 2.24. The van der Waals surface area contributed by atoms with Gasteiger partial charge in [0, 0.05) is 25.5 Å². The first-order valence-corrected chi connectivity index (χ1v) is 7.12. The van der Waals surface area contributed by atoms with E-state index in [9.17, 15) is 0 Å². The molecule has 18 heavy (non-hydrogen) atoms. The van der Waals surface area contributed by atoms with Crippen LogP contribution in [0.2, 0.25) is 0 Å². The second kappa shape index (κ2) is 6.05. The molecule has 1 saturated heterocycles. The Bertz CT molecular complexity index is 407. The molecule has 2 nitrogen and oxygen atoms in total. The number of rotatable bonds is 3. The van der Waals surface area contributed by atoms with Crippen LogP contribution in [0.1, 0.15) is 23.6 Å². The van der Waals surface area contributed by atoms with Gasteiger partial charge in [-0.2, -0.15) is 0 Å². The molecule has 2 rings (SSSR count). The number of hydrogen-bond acceptors (Lipinski definition) is 2. The summed E-state index contributed by atoms with van der Waals surface area (Å²) < 4.78 is 5.78. The van der Waals surface area contributed by atoms with E-state index in [0.717, 1.165) is 19.6 Å². The first-order chi connectivity index (χ1) is 8.58. The number of hydrogen-bond donors (Lipinski definition) is 0. The molecule has 0 radical (unpaired) electrons. The summed E-state index contributed by atoms with van der Waals surface area (Å²) in [7, 11) is 0. The minimum atomic E-state index is 0.167. The smallest absolute Gasteiger partial charge is 0.0841 e. The number of morpholine rings is 1. The topological polar surface area (TPSA) is 12.5 Å². The van der Waals surface area contributed by atoms with Crippen LogP contribution in [0.4, 0.5) is 0 Å². The summed E-state index contributed by atoms with van der Waals surface area (Å²) in [6.07, 6.45) is 0.438. The van der Waals surface area contributed by atoms with E-state index in [4.69, 9.17) is 16.3 Å². The molecule has 2 atom stereocenters. The first-order valence-electron chi connectivity index (χ1n) is 6.58. The molecule has 0 N–H and O–H groups in total. The Balaban J connectivity index is 2.06. The van der Waals surface area contributed by atoms with Gasteiger partial charge in [0.05, 0.1) is 12.2 Å². The Morgan fingerprint density at radius 1 is 1.33 bits per heavy atom. The predicted octanol–water partition coefficient (Wildman–Crippen LogP) is 3.13. The quantitative estimate of drug-likeness (QED) is 0.781. The number of alkyl halides is 1. The lowest BCUT2D eigenvalue weighted by atomic mass is 10.0. The molecular formula is C15H22ClNO. The molecule has 100 valence electrons. The highest BCUT2D eigenvalue weighted by molar-refractivity contribution is 6.18. The number of nitrogens with zero attached hydrogens (tertiary/aromatic N) is 1. The van der Waals surface area contributed by atoms with Gasteiger partial charge in [-0.3, -0.25) is 4.90 Å². The summed E-state index contributed by atoms with van der Waals surface area (Å²) in [5.41, 5.74) is 4.10. The summed E-state index contributed by atoms with van der Waals surface area (Å²) in [6.45, 7) is 9.36. The van der Waals surface area contributed by atoms with Crippen molar-refractivity contribution in [2.45, 2.75) is 39.5 Å². The Hall–Kier alpha value is -0.570. The molecule has 0 aromatic heterocycles. The van der Waals surface area contributed by atoms with E-state index in [1.165, 1.54) is 16.7 Å². The average molecular weight is 268 g/mol. The van der Waals surface area contributed by atoms with Crippen LogP contribution in [0.5, 0.6) is 0 Å². The van der Waals surface area contributed by atoms with E-state index in [2.05, 4.69) is 43.9 Å². The van der Waals surface area contributed by atoms with Gasteiger partial charge >= 0.3 is 0 Å². The van der Waals surface area contributed by atoms with Gasteiger partial charge in [-0.15, -0.1) is 11.6 Å². The molecule has 1 heterocycles. The lowest BCUT2D eigenvalue weighted by Crippen LogP contribution is -2.46. The minimum absolute atomic E-state index is 0.167. The monoisotopic (exact) mass is 267 g/mol. The van der Waals surface area contributed by atoms with E-state index in [-0.39, 0.29) is 12.2 Å². The summed E-state index contributed by atoms with van der Waals surface area (Å²) >= 11 is 5.92. The van der Waals surface area contributed by atoms with Crippen molar-refractivity contribution in [2.24, 2.45) is 0 Å². The van der Waals surface area contributed by atoms with Crippen molar-refractivity contribution in [1.29, 1.82) is 0 Å². The fourth-order valence-electron chi connectivity index (χ4n) is 2.57. The molecule has 0 spiro atoms. The third kappa shape index (κ3) is 3.47. The van der Waals surface area contributed by atoms with Gasteiger partial charge in [-0.25, -0.2) is 0 Å². The molecule has 1 aliphatic heterocycles. The van der Waals surface area contributed by atoms with E-state index in [0.29, 0.717) is 5.88 Å². The zero-order valence-corrected chi connectivity index (χ0v) is 12.2. The maximum absolute atomic E-state index is 5.92. The molecule has 1 fully saturated rings. The summed E-state index contributed by atoms with van der Waals surface area (Å²) in [4.78, 5) is 2.45. The van der Waals surface area contributed by atoms with Crippen molar-refractivity contribution >= 4 is 11.6 Å². The van der Waals surface area contributed by atoms with Crippen LogP contribution >= 0.6 is 11.6 Å². The van der Waals surface area contributed by atoms with Crippen molar-refractivity contribution in [1.82, 2.24) is 4.90 Å². The zero-order valence-electron chi connectivity index (χ0n) is 11.4. The van der Waals surface area contributed by atoms with E-state index in [1.807, 2.05) is 0 Å². The normalized spacial score (nSPS) is 25.3. The number of aryl methyl sites for hydroxylation is 2. The van der Waals surface area contributed by atoms with Crippen molar-refractivity contribution < 1.29 is 4.74 Å². The van der Waals surface area contributed by atoms with E-state index < -0.39 is 0 Å². The molecule has 3 heteroatoms. The lowest BCUT2D eigenvalue weighted by molar-refractivity contribution is -0.0689. The van der Waals surface area contributed by atoms with Gasteiger partial charge in [-0.05, 0) is 31.9 Å². The van der Waals surface area contributed by atoms with Crippen LogP contribution in [0.15, 0.2) is 18.2 Å². The molecule has 0 aliphatic carbocycles. The van der Waals surface area contributed by atoms with Crippen molar-refractivity contribution in [3.8, 4) is 0 Å². The van der Waals surface area contributed by atoms with Crippen LogP contribution in [0.3, 0.4) is 0 Å². The van der Waals surface area contributed by atoms with Crippen LogP contribution in [-0.2, 0) is 11.3 Å². The standard InChI is InChI=1S/C15H22ClNO/c1-11-4-5-12(2)14(6-11)9-17-8-13(3)18-15(7-16)10-17/h4-6,13,15H,7-10H2,1-3H3. The van der Waals surface area contributed by atoms with Gasteiger partial charge in [0.25, 0.3) is 0 Å². The fourth-order valence-corrected chi connectivity index (χ4v) is 2.74. The second-order valence-electron chi connectivity index (χ2n) is 5.35.